The molecule has 0 bridgehead atoms. The highest BCUT2D eigenvalue weighted by atomic mass is 127. The first-order valence-electron chi connectivity index (χ1n) is 9.92. The molecule has 0 aliphatic rings. The quantitative estimate of drug-likeness (QED) is 0.315. The zero-order valence-electron chi connectivity index (χ0n) is 18.5. The molecule has 164 valence electrons. The van der Waals surface area contributed by atoms with E-state index in [-0.39, 0.29) is 29.9 Å². The number of carbonyl (C=O) groups is 1. The molecule has 0 atom stereocenters. The number of benzene rings is 2. The Bertz CT molecular complexity index is 853. The minimum Gasteiger partial charge on any atom is -0.494 e. The molecule has 0 aliphatic heterocycles. The number of amides is 1. The summed E-state index contributed by atoms with van der Waals surface area (Å²) in [6.07, 6.45) is 0.796. The number of rotatable bonds is 8. The number of aliphatic imine (C=N–C) groups is 1. The summed E-state index contributed by atoms with van der Waals surface area (Å²) in [6, 6.07) is 14.0. The Labute approximate surface area is 197 Å². The zero-order valence-corrected chi connectivity index (χ0v) is 20.8. The topological polar surface area (TPSA) is 66.0 Å². The van der Waals surface area contributed by atoms with Gasteiger partial charge in [-0.25, -0.2) is 0 Å². The fourth-order valence-electron chi connectivity index (χ4n) is 2.94. The van der Waals surface area contributed by atoms with Crippen LogP contribution in [0.1, 0.15) is 34.0 Å². The molecule has 0 saturated carbocycles. The lowest BCUT2D eigenvalue weighted by atomic mass is 10.1. The van der Waals surface area contributed by atoms with Gasteiger partial charge in [-0.15, -0.1) is 24.0 Å². The van der Waals surface area contributed by atoms with E-state index in [0.717, 1.165) is 29.3 Å². The van der Waals surface area contributed by atoms with Crippen molar-refractivity contribution in [3.63, 3.8) is 0 Å². The van der Waals surface area contributed by atoms with Crippen molar-refractivity contribution < 1.29 is 9.53 Å². The summed E-state index contributed by atoms with van der Waals surface area (Å²) in [5.41, 5.74) is 4.08. The maximum absolute atomic E-state index is 12.1. The highest BCUT2D eigenvalue weighted by molar-refractivity contribution is 14.0. The van der Waals surface area contributed by atoms with E-state index in [2.05, 4.69) is 40.7 Å². The molecule has 30 heavy (non-hydrogen) atoms. The van der Waals surface area contributed by atoms with E-state index in [1.54, 1.807) is 26.0 Å². The lowest BCUT2D eigenvalue weighted by Gasteiger charge is -2.15. The van der Waals surface area contributed by atoms with E-state index < -0.39 is 0 Å². The molecule has 7 heteroatoms. The van der Waals surface area contributed by atoms with Gasteiger partial charge in [-0.2, -0.15) is 0 Å². The minimum absolute atomic E-state index is 0. The molecule has 2 N–H and O–H groups in total. The van der Waals surface area contributed by atoms with Crippen LogP contribution in [0.3, 0.4) is 0 Å². The van der Waals surface area contributed by atoms with Crippen LogP contribution < -0.4 is 15.4 Å². The number of nitrogens with zero attached hydrogens (tertiary/aromatic N) is 2. The number of aryl methyl sites for hydroxylation is 1. The second kappa shape index (κ2) is 13.1. The summed E-state index contributed by atoms with van der Waals surface area (Å²) >= 11 is 0. The number of hydrogen-bond acceptors (Lipinski definition) is 3. The van der Waals surface area contributed by atoms with Crippen LogP contribution in [-0.2, 0) is 13.0 Å². The predicted octanol–water partition coefficient (Wildman–Crippen LogP) is 3.62. The van der Waals surface area contributed by atoms with Crippen molar-refractivity contribution >= 4 is 35.8 Å². The van der Waals surface area contributed by atoms with Gasteiger partial charge in [-0.1, -0.05) is 24.3 Å². The number of guanidine groups is 1. The SMILES string of the molecule is CCOc1cc(C)ccc1CNC(=NC)NCCc1cccc(C(=O)N(C)C)c1.I. The molecule has 0 heterocycles. The lowest BCUT2D eigenvalue weighted by molar-refractivity contribution is 0.0827. The normalized spacial score (nSPS) is 10.8. The lowest BCUT2D eigenvalue weighted by Crippen LogP contribution is -2.38. The summed E-state index contributed by atoms with van der Waals surface area (Å²) in [5, 5.41) is 6.66. The Hall–Kier alpha value is -2.29. The van der Waals surface area contributed by atoms with Gasteiger partial charge in [-0.05, 0) is 49.6 Å². The maximum atomic E-state index is 12.1. The van der Waals surface area contributed by atoms with E-state index in [0.29, 0.717) is 25.3 Å². The molecule has 0 saturated heterocycles. The van der Waals surface area contributed by atoms with E-state index >= 15 is 0 Å². The van der Waals surface area contributed by atoms with Crippen LogP contribution in [-0.4, -0.2) is 51.1 Å². The van der Waals surface area contributed by atoms with E-state index in [1.165, 1.54) is 5.56 Å². The van der Waals surface area contributed by atoms with E-state index in [4.69, 9.17) is 4.74 Å². The molecule has 0 spiro atoms. The van der Waals surface area contributed by atoms with Gasteiger partial charge in [0.2, 0.25) is 0 Å². The molecule has 0 unspecified atom stereocenters. The maximum Gasteiger partial charge on any atom is 0.253 e. The molecule has 1 amide bonds. The van der Waals surface area contributed by atoms with Gasteiger partial charge in [0.25, 0.3) is 5.91 Å². The molecule has 6 nitrogen and oxygen atoms in total. The Morgan fingerprint density at radius 3 is 2.57 bits per heavy atom. The summed E-state index contributed by atoms with van der Waals surface area (Å²) in [6.45, 7) is 6.02. The fraction of sp³-hybridized carbons (Fsp3) is 0.391. The third kappa shape index (κ3) is 7.85. The highest BCUT2D eigenvalue weighted by Crippen LogP contribution is 2.20. The van der Waals surface area contributed by atoms with Crippen molar-refractivity contribution in [1.82, 2.24) is 15.5 Å². The second-order valence-electron chi connectivity index (χ2n) is 7.05. The number of nitrogens with one attached hydrogen (secondary N) is 2. The zero-order chi connectivity index (χ0) is 21.2. The summed E-state index contributed by atoms with van der Waals surface area (Å²) in [7, 11) is 5.28. The van der Waals surface area contributed by atoms with Gasteiger partial charge in [0.1, 0.15) is 5.75 Å². The monoisotopic (exact) mass is 524 g/mol. The third-order valence-corrected chi connectivity index (χ3v) is 4.48. The minimum atomic E-state index is 0. The molecule has 0 fully saturated rings. The molecular weight excluding hydrogens is 491 g/mol. The van der Waals surface area contributed by atoms with Crippen LogP contribution >= 0.6 is 24.0 Å². The third-order valence-electron chi connectivity index (χ3n) is 4.48. The van der Waals surface area contributed by atoms with Crippen molar-refractivity contribution in [3.05, 3.63) is 64.7 Å². The highest BCUT2D eigenvalue weighted by Gasteiger charge is 2.09. The summed E-state index contributed by atoms with van der Waals surface area (Å²) < 4.78 is 5.74. The Balaban J connectivity index is 0.00000450. The largest absolute Gasteiger partial charge is 0.494 e. The first-order chi connectivity index (χ1) is 13.9. The number of carbonyl (C=O) groups excluding carboxylic acids is 1. The van der Waals surface area contributed by atoms with Gasteiger partial charge < -0.3 is 20.3 Å². The molecule has 0 aliphatic carbocycles. The fourth-order valence-corrected chi connectivity index (χ4v) is 2.94. The first-order valence-corrected chi connectivity index (χ1v) is 9.92. The van der Waals surface area contributed by atoms with Gasteiger partial charge in [0.15, 0.2) is 5.96 Å². The van der Waals surface area contributed by atoms with Crippen LogP contribution in [0, 0.1) is 6.92 Å². The smallest absolute Gasteiger partial charge is 0.253 e. The first kappa shape index (κ1) is 25.7. The predicted molar refractivity (Wildman–Crippen MR) is 134 cm³/mol. The Morgan fingerprint density at radius 2 is 1.90 bits per heavy atom. The number of hydrogen-bond donors (Lipinski definition) is 2. The Kier molecular flexibility index (Phi) is 11.2. The van der Waals surface area contributed by atoms with Gasteiger partial charge in [0, 0.05) is 45.4 Å². The average Bonchev–Trinajstić information content (AvgIpc) is 2.71. The van der Waals surface area contributed by atoms with Gasteiger partial charge in [0.05, 0.1) is 6.61 Å². The molecule has 2 aromatic rings. The standard InChI is InChI=1S/C23H32N4O2.HI/c1-6-29-21-14-17(2)10-11-20(21)16-26-23(24-3)25-13-12-18-8-7-9-19(15-18)22(28)27(4)5;/h7-11,14-15H,6,12-13,16H2,1-5H3,(H2,24,25,26);1H. The van der Waals surface area contributed by atoms with Crippen LogP contribution in [0.2, 0.25) is 0 Å². The molecule has 0 radical (unpaired) electrons. The molecule has 2 aromatic carbocycles. The molecule has 2 rings (SSSR count). The van der Waals surface area contributed by atoms with Gasteiger partial charge >= 0.3 is 0 Å². The van der Waals surface area contributed by atoms with Crippen molar-refractivity contribution in [1.29, 1.82) is 0 Å². The van der Waals surface area contributed by atoms with Crippen molar-refractivity contribution in [2.24, 2.45) is 4.99 Å². The Morgan fingerprint density at radius 1 is 1.13 bits per heavy atom. The van der Waals surface area contributed by atoms with E-state index in [9.17, 15) is 4.79 Å². The second-order valence-corrected chi connectivity index (χ2v) is 7.05. The summed E-state index contributed by atoms with van der Waals surface area (Å²) in [4.78, 5) is 18.0. The summed E-state index contributed by atoms with van der Waals surface area (Å²) in [5.74, 6) is 1.65. The van der Waals surface area contributed by atoms with Crippen LogP contribution in [0.4, 0.5) is 0 Å². The van der Waals surface area contributed by atoms with Crippen molar-refractivity contribution in [2.45, 2.75) is 26.8 Å². The van der Waals surface area contributed by atoms with Crippen LogP contribution in [0.5, 0.6) is 5.75 Å². The van der Waals surface area contributed by atoms with Crippen molar-refractivity contribution in [3.8, 4) is 5.75 Å². The van der Waals surface area contributed by atoms with Crippen LogP contribution in [0.15, 0.2) is 47.5 Å². The van der Waals surface area contributed by atoms with Gasteiger partial charge in [-0.3, -0.25) is 9.79 Å². The molecule has 0 aromatic heterocycles. The molecular formula is C23H33IN4O2. The van der Waals surface area contributed by atoms with E-state index in [1.807, 2.05) is 31.2 Å². The number of ether oxygens (including phenoxy) is 1. The van der Waals surface area contributed by atoms with Crippen molar-refractivity contribution in [2.75, 3.05) is 34.3 Å². The average molecular weight is 524 g/mol. The van der Waals surface area contributed by atoms with Crippen LogP contribution in [0.25, 0.3) is 0 Å². The number of halogens is 1.